The van der Waals surface area contributed by atoms with Gasteiger partial charge < -0.3 is 15.1 Å². The van der Waals surface area contributed by atoms with Crippen LogP contribution in [0.2, 0.25) is 0 Å². The van der Waals surface area contributed by atoms with Gasteiger partial charge in [0.25, 0.3) is 0 Å². The second-order valence-electron chi connectivity index (χ2n) is 7.94. The van der Waals surface area contributed by atoms with Gasteiger partial charge >= 0.3 is 0 Å². The second-order valence-corrected chi connectivity index (χ2v) is 8.85. The van der Waals surface area contributed by atoms with E-state index in [0.717, 1.165) is 22.7 Å². The summed E-state index contributed by atoms with van der Waals surface area (Å²) in [6.07, 6.45) is 4.20. The first-order chi connectivity index (χ1) is 12.3. The van der Waals surface area contributed by atoms with Gasteiger partial charge in [0.2, 0.25) is 5.89 Å². The van der Waals surface area contributed by atoms with Crippen LogP contribution in [-0.2, 0) is 17.4 Å². The molecule has 0 bridgehead atoms. The van der Waals surface area contributed by atoms with Gasteiger partial charge in [-0.05, 0) is 30.5 Å². The molecule has 0 radical (unpaired) electrons. The Morgan fingerprint density at radius 1 is 1.31 bits per heavy atom. The topological polar surface area (TPSA) is 62.5 Å². The summed E-state index contributed by atoms with van der Waals surface area (Å²) in [4.78, 5) is 8.67. The zero-order chi connectivity index (χ0) is 18.8. The van der Waals surface area contributed by atoms with Gasteiger partial charge in [0.1, 0.15) is 5.76 Å². The smallest absolute Gasteiger partial charge is 0.213 e. The van der Waals surface area contributed by atoms with Crippen molar-refractivity contribution in [2.24, 2.45) is 4.99 Å². The Hall–Kier alpha value is -1.82. The number of aromatic nitrogens is 1. The molecule has 1 aliphatic rings. The summed E-state index contributed by atoms with van der Waals surface area (Å²) < 4.78 is 6.95. The van der Waals surface area contributed by atoms with Gasteiger partial charge in [-0.25, -0.2) is 4.98 Å². The zero-order valence-electron chi connectivity index (χ0n) is 15.9. The summed E-state index contributed by atoms with van der Waals surface area (Å²) in [5.41, 5.74) is 1.55. The minimum atomic E-state index is -0.0342. The largest absolute Gasteiger partial charge is 0.443 e. The molecular weight excluding hydrogens is 392 g/mol. The number of guanidine groups is 1. The molecule has 0 unspecified atom stereocenters. The van der Waals surface area contributed by atoms with Crippen LogP contribution in [0.25, 0.3) is 0 Å². The second kappa shape index (κ2) is 7.43. The first-order valence-electron chi connectivity index (χ1n) is 8.98. The van der Waals surface area contributed by atoms with Crippen LogP contribution in [0.4, 0.5) is 0 Å². The first kappa shape index (κ1) is 19.0. The first-order valence-corrected chi connectivity index (χ1v) is 9.77. The maximum atomic E-state index is 5.82. The van der Waals surface area contributed by atoms with Crippen molar-refractivity contribution in [3.8, 4) is 0 Å². The number of nitrogens with zero attached hydrogens (tertiary/aromatic N) is 2. The van der Waals surface area contributed by atoms with E-state index in [1.54, 1.807) is 13.2 Å². The van der Waals surface area contributed by atoms with Crippen molar-refractivity contribution < 1.29 is 4.42 Å². The third-order valence-electron chi connectivity index (χ3n) is 4.81. The van der Waals surface area contributed by atoms with Gasteiger partial charge in [0.15, 0.2) is 5.96 Å². The monoisotopic (exact) mass is 418 g/mol. The molecule has 6 heteroatoms. The van der Waals surface area contributed by atoms with Gasteiger partial charge in [0.05, 0.1) is 12.7 Å². The third-order valence-corrected chi connectivity index (χ3v) is 5.30. The number of nitrogens with one attached hydrogen (secondary N) is 2. The van der Waals surface area contributed by atoms with E-state index in [1.165, 1.54) is 18.4 Å². The number of rotatable bonds is 5. The minimum Gasteiger partial charge on any atom is -0.443 e. The van der Waals surface area contributed by atoms with E-state index in [1.807, 2.05) is 0 Å². The lowest BCUT2D eigenvalue weighted by atomic mass is 9.94. The molecule has 0 aliphatic heterocycles. The SMILES string of the molecule is CN=C(NCc1ncc(C(C)(C)C)o1)NCC1(c2cccc(Br)c2)CC1. The highest BCUT2D eigenvalue weighted by Gasteiger charge is 2.44. The lowest BCUT2D eigenvalue weighted by molar-refractivity contribution is 0.379. The molecule has 0 amide bonds. The van der Waals surface area contributed by atoms with Crippen LogP contribution in [0, 0.1) is 0 Å². The normalized spacial score (nSPS) is 16.4. The van der Waals surface area contributed by atoms with Crippen molar-refractivity contribution in [2.75, 3.05) is 13.6 Å². The third kappa shape index (κ3) is 4.47. The Labute approximate surface area is 163 Å². The molecule has 5 nitrogen and oxygen atoms in total. The molecule has 1 aromatic carbocycles. The number of halogens is 1. The fraction of sp³-hybridized carbons (Fsp3) is 0.500. The molecule has 2 aromatic rings. The van der Waals surface area contributed by atoms with E-state index in [9.17, 15) is 0 Å². The molecule has 26 heavy (non-hydrogen) atoms. The molecule has 0 saturated heterocycles. The van der Waals surface area contributed by atoms with Gasteiger partial charge in [-0.1, -0.05) is 48.8 Å². The van der Waals surface area contributed by atoms with Crippen molar-refractivity contribution in [3.63, 3.8) is 0 Å². The molecule has 3 rings (SSSR count). The van der Waals surface area contributed by atoms with E-state index in [0.29, 0.717) is 12.4 Å². The average Bonchev–Trinajstić information content (AvgIpc) is 3.22. The molecule has 1 aliphatic carbocycles. The summed E-state index contributed by atoms with van der Waals surface area (Å²) in [6.45, 7) is 7.72. The van der Waals surface area contributed by atoms with Gasteiger partial charge in [-0.15, -0.1) is 0 Å². The Bertz CT molecular complexity index is 787. The summed E-state index contributed by atoms with van der Waals surface area (Å²) in [6, 6.07) is 8.58. The van der Waals surface area contributed by atoms with E-state index in [-0.39, 0.29) is 10.8 Å². The van der Waals surface area contributed by atoms with Crippen LogP contribution in [-0.4, -0.2) is 24.5 Å². The van der Waals surface area contributed by atoms with Crippen LogP contribution in [0.3, 0.4) is 0 Å². The Kier molecular flexibility index (Phi) is 5.42. The number of benzene rings is 1. The highest BCUT2D eigenvalue weighted by Crippen LogP contribution is 2.48. The quantitative estimate of drug-likeness (QED) is 0.565. The van der Waals surface area contributed by atoms with Crippen LogP contribution in [0.15, 0.2) is 44.3 Å². The van der Waals surface area contributed by atoms with Crippen molar-refractivity contribution in [1.82, 2.24) is 15.6 Å². The molecule has 0 atom stereocenters. The summed E-state index contributed by atoms with van der Waals surface area (Å²) in [5, 5.41) is 6.74. The van der Waals surface area contributed by atoms with Crippen molar-refractivity contribution in [3.05, 3.63) is 52.1 Å². The molecule has 140 valence electrons. The molecule has 1 aromatic heterocycles. The Morgan fingerprint density at radius 3 is 2.65 bits per heavy atom. The van der Waals surface area contributed by atoms with Crippen molar-refractivity contribution >= 4 is 21.9 Å². The van der Waals surface area contributed by atoms with Crippen LogP contribution >= 0.6 is 15.9 Å². The lowest BCUT2D eigenvalue weighted by Gasteiger charge is -2.19. The molecular formula is C20H27BrN4O. The lowest BCUT2D eigenvalue weighted by Crippen LogP contribution is -2.41. The highest BCUT2D eigenvalue weighted by atomic mass is 79.9. The molecule has 1 saturated carbocycles. The molecule has 2 N–H and O–H groups in total. The van der Waals surface area contributed by atoms with E-state index < -0.39 is 0 Å². The van der Waals surface area contributed by atoms with E-state index in [4.69, 9.17) is 4.42 Å². The number of oxazole rings is 1. The fourth-order valence-corrected chi connectivity index (χ4v) is 3.31. The zero-order valence-corrected chi connectivity index (χ0v) is 17.5. The molecule has 1 fully saturated rings. The summed E-state index contributed by atoms with van der Waals surface area (Å²) in [5.74, 6) is 2.33. The average molecular weight is 419 g/mol. The predicted octanol–water partition coefficient (Wildman–Crippen LogP) is 4.13. The standard InChI is InChI=1S/C20H27BrN4O/c1-19(2,3)16-11-23-17(26-16)12-24-18(22-4)25-13-20(8-9-20)14-6-5-7-15(21)10-14/h5-7,10-11H,8-9,12-13H2,1-4H3,(H2,22,24,25). The van der Waals surface area contributed by atoms with E-state index in [2.05, 4.69) is 81.6 Å². The number of hydrogen-bond donors (Lipinski definition) is 2. The molecule has 1 heterocycles. The molecule has 0 spiro atoms. The van der Waals surface area contributed by atoms with E-state index >= 15 is 0 Å². The van der Waals surface area contributed by atoms with Gasteiger partial charge in [-0.3, -0.25) is 4.99 Å². The minimum absolute atomic E-state index is 0.0342. The maximum Gasteiger partial charge on any atom is 0.213 e. The van der Waals surface area contributed by atoms with Crippen LogP contribution in [0.1, 0.15) is 50.8 Å². The van der Waals surface area contributed by atoms with Gasteiger partial charge in [-0.2, -0.15) is 0 Å². The van der Waals surface area contributed by atoms with Crippen LogP contribution in [0.5, 0.6) is 0 Å². The number of hydrogen-bond acceptors (Lipinski definition) is 3. The Morgan fingerprint density at radius 2 is 2.08 bits per heavy atom. The number of aliphatic imine (C=N–C) groups is 1. The predicted molar refractivity (Wildman–Crippen MR) is 108 cm³/mol. The fourth-order valence-electron chi connectivity index (χ4n) is 2.91. The summed E-state index contributed by atoms with van der Waals surface area (Å²) >= 11 is 3.57. The van der Waals surface area contributed by atoms with Gasteiger partial charge in [0, 0.05) is 28.9 Å². The maximum absolute atomic E-state index is 5.82. The highest BCUT2D eigenvalue weighted by molar-refractivity contribution is 9.10. The van der Waals surface area contributed by atoms with Crippen molar-refractivity contribution in [2.45, 2.75) is 51.0 Å². The summed E-state index contributed by atoms with van der Waals surface area (Å²) in [7, 11) is 1.78. The Balaban J connectivity index is 1.55. The van der Waals surface area contributed by atoms with Crippen molar-refractivity contribution in [1.29, 1.82) is 0 Å². The van der Waals surface area contributed by atoms with Crippen LogP contribution < -0.4 is 10.6 Å².